The van der Waals surface area contributed by atoms with E-state index in [4.69, 9.17) is 10.5 Å². The monoisotopic (exact) mass is 274 g/mol. The van der Waals surface area contributed by atoms with Gasteiger partial charge in [0.1, 0.15) is 0 Å². The van der Waals surface area contributed by atoms with Gasteiger partial charge >= 0.3 is 0 Å². The molecule has 1 saturated heterocycles. The second-order valence-electron chi connectivity index (χ2n) is 3.49. The van der Waals surface area contributed by atoms with E-state index in [9.17, 15) is 4.39 Å². The van der Waals surface area contributed by atoms with Crippen LogP contribution in [0.2, 0.25) is 0 Å². The van der Waals surface area contributed by atoms with Crippen LogP contribution in [0.5, 0.6) is 0 Å². The molecule has 1 aliphatic heterocycles. The Morgan fingerprint density at radius 1 is 1.60 bits per heavy atom. The smallest absolute Gasteiger partial charge is 0.162 e. The first-order valence-corrected chi connectivity index (χ1v) is 5.56. The highest BCUT2D eigenvalue weighted by Crippen LogP contribution is 2.29. The quantitative estimate of drug-likeness (QED) is 0.832. The van der Waals surface area contributed by atoms with E-state index in [1.54, 1.807) is 12.1 Å². The van der Waals surface area contributed by atoms with E-state index in [0.29, 0.717) is 22.4 Å². The predicted octanol–water partition coefficient (Wildman–Crippen LogP) is 2.37. The Morgan fingerprint density at radius 3 is 2.93 bits per heavy atom. The van der Waals surface area contributed by atoms with Crippen molar-refractivity contribution in [2.75, 3.05) is 24.2 Å². The second kappa shape index (κ2) is 4.37. The highest BCUT2D eigenvalue weighted by atomic mass is 79.9. The van der Waals surface area contributed by atoms with Crippen LogP contribution in [-0.2, 0) is 4.74 Å². The van der Waals surface area contributed by atoms with Crippen LogP contribution in [0.15, 0.2) is 16.6 Å². The van der Waals surface area contributed by atoms with Crippen LogP contribution in [0.3, 0.4) is 0 Å². The lowest BCUT2D eigenvalue weighted by atomic mass is 10.2. The summed E-state index contributed by atoms with van der Waals surface area (Å²) in [6.07, 6.45) is 1.20. The predicted molar refractivity (Wildman–Crippen MR) is 61.4 cm³/mol. The zero-order chi connectivity index (χ0) is 10.8. The fraction of sp³-hybridized carbons (Fsp3) is 0.400. The number of rotatable bonds is 3. The molecule has 0 bridgehead atoms. The number of halogens is 2. The lowest BCUT2D eigenvalue weighted by Gasteiger charge is -2.27. The van der Waals surface area contributed by atoms with Crippen LogP contribution in [-0.4, -0.2) is 19.3 Å². The molecule has 0 aromatic heterocycles. The van der Waals surface area contributed by atoms with Crippen molar-refractivity contribution in [3.63, 3.8) is 0 Å². The molecule has 1 aromatic carbocycles. The minimum absolute atomic E-state index is 0.183. The third kappa shape index (κ3) is 2.23. The number of hydrogen-bond donors (Lipinski definition) is 2. The Morgan fingerprint density at radius 2 is 2.33 bits per heavy atom. The summed E-state index contributed by atoms with van der Waals surface area (Å²) in [6, 6.07) is 3.26. The van der Waals surface area contributed by atoms with Crippen molar-refractivity contribution in [3.05, 3.63) is 22.4 Å². The van der Waals surface area contributed by atoms with E-state index in [1.807, 2.05) is 0 Å². The van der Waals surface area contributed by atoms with Gasteiger partial charge in [0.15, 0.2) is 5.82 Å². The molecular formula is C10H12BrFN2O. The van der Waals surface area contributed by atoms with Gasteiger partial charge in [-0.05, 0) is 34.5 Å². The number of nitrogens with one attached hydrogen (secondary N) is 1. The van der Waals surface area contributed by atoms with Crippen LogP contribution in [0, 0.1) is 5.82 Å². The summed E-state index contributed by atoms with van der Waals surface area (Å²) < 4.78 is 19.2. The Hall–Kier alpha value is -0.810. The maximum Gasteiger partial charge on any atom is 0.162 e. The number of benzene rings is 1. The van der Waals surface area contributed by atoms with Crippen molar-refractivity contribution in [2.24, 2.45) is 0 Å². The maximum atomic E-state index is 13.6. The summed E-state index contributed by atoms with van der Waals surface area (Å²) in [4.78, 5) is 0. The van der Waals surface area contributed by atoms with E-state index in [0.717, 1.165) is 13.0 Å². The minimum atomic E-state index is -0.352. The molecule has 82 valence electrons. The molecule has 0 saturated carbocycles. The van der Waals surface area contributed by atoms with Crippen molar-refractivity contribution >= 4 is 27.3 Å². The van der Waals surface area contributed by atoms with Crippen LogP contribution >= 0.6 is 15.9 Å². The zero-order valence-corrected chi connectivity index (χ0v) is 9.68. The molecule has 1 fully saturated rings. The minimum Gasteiger partial charge on any atom is -0.397 e. The average Bonchev–Trinajstić information content (AvgIpc) is 2.15. The van der Waals surface area contributed by atoms with Crippen LogP contribution in [0.25, 0.3) is 0 Å². The van der Waals surface area contributed by atoms with E-state index in [2.05, 4.69) is 21.2 Å². The Balaban J connectivity index is 2.08. The number of nitrogens with two attached hydrogens (primary N) is 1. The highest BCUT2D eigenvalue weighted by Gasteiger charge is 2.19. The third-order valence-corrected chi connectivity index (χ3v) is 3.04. The average molecular weight is 275 g/mol. The number of anilines is 2. The molecule has 15 heavy (non-hydrogen) atoms. The van der Waals surface area contributed by atoms with Gasteiger partial charge in [0, 0.05) is 13.2 Å². The zero-order valence-electron chi connectivity index (χ0n) is 8.09. The Kier molecular flexibility index (Phi) is 3.11. The molecule has 1 aliphatic rings. The third-order valence-electron chi connectivity index (χ3n) is 2.43. The molecule has 3 nitrogen and oxygen atoms in total. The van der Waals surface area contributed by atoms with Crippen molar-refractivity contribution in [1.82, 2.24) is 0 Å². The molecule has 3 N–H and O–H groups in total. The summed E-state index contributed by atoms with van der Waals surface area (Å²) >= 11 is 3.12. The van der Waals surface area contributed by atoms with Gasteiger partial charge in [-0.2, -0.15) is 0 Å². The lowest BCUT2D eigenvalue weighted by molar-refractivity contribution is -0.0410. The molecule has 1 atom stereocenters. The van der Waals surface area contributed by atoms with Crippen LogP contribution < -0.4 is 11.1 Å². The maximum absolute atomic E-state index is 13.6. The van der Waals surface area contributed by atoms with Gasteiger partial charge in [0.05, 0.1) is 22.0 Å². The largest absolute Gasteiger partial charge is 0.397 e. The topological polar surface area (TPSA) is 47.3 Å². The van der Waals surface area contributed by atoms with Gasteiger partial charge < -0.3 is 15.8 Å². The molecule has 0 radical (unpaired) electrons. The molecule has 1 heterocycles. The fourth-order valence-electron chi connectivity index (χ4n) is 1.41. The van der Waals surface area contributed by atoms with E-state index in [-0.39, 0.29) is 11.9 Å². The molecule has 0 spiro atoms. The Bertz CT molecular complexity index is 369. The van der Waals surface area contributed by atoms with E-state index < -0.39 is 0 Å². The van der Waals surface area contributed by atoms with E-state index in [1.165, 1.54) is 0 Å². The standard InChI is InChI=1S/C10H12BrFN2O/c11-7-1-2-8(13)10(9(7)12)14-5-6-3-4-15-6/h1-2,6,14H,3-5,13H2/t6-/m0/s1. The van der Waals surface area contributed by atoms with Gasteiger partial charge in [0.25, 0.3) is 0 Å². The van der Waals surface area contributed by atoms with Crippen molar-refractivity contribution in [1.29, 1.82) is 0 Å². The summed E-state index contributed by atoms with van der Waals surface area (Å²) in [6.45, 7) is 1.39. The molecule has 5 heteroatoms. The molecule has 0 aliphatic carbocycles. The molecule has 2 rings (SSSR count). The van der Waals surface area contributed by atoms with Crippen LogP contribution in [0.1, 0.15) is 6.42 Å². The van der Waals surface area contributed by atoms with Gasteiger partial charge in [0.2, 0.25) is 0 Å². The molecule has 1 aromatic rings. The van der Waals surface area contributed by atoms with Crippen molar-refractivity contribution < 1.29 is 9.13 Å². The van der Waals surface area contributed by atoms with Gasteiger partial charge in [-0.25, -0.2) is 4.39 Å². The van der Waals surface area contributed by atoms with Gasteiger partial charge in [-0.1, -0.05) is 0 Å². The van der Waals surface area contributed by atoms with Gasteiger partial charge in [-0.3, -0.25) is 0 Å². The first-order chi connectivity index (χ1) is 7.18. The number of ether oxygens (including phenoxy) is 1. The summed E-state index contributed by atoms with van der Waals surface area (Å²) in [7, 11) is 0. The van der Waals surface area contributed by atoms with Crippen molar-refractivity contribution in [3.8, 4) is 0 Å². The lowest BCUT2D eigenvalue weighted by Crippen LogP contribution is -2.33. The van der Waals surface area contributed by atoms with E-state index >= 15 is 0 Å². The normalized spacial score (nSPS) is 19.7. The van der Waals surface area contributed by atoms with Crippen molar-refractivity contribution in [2.45, 2.75) is 12.5 Å². The molecule has 0 amide bonds. The molecular weight excluding hydrogens is 263 g/mol. The Labute approximate surface area is 95.9 Å². The number of hydrogen-bond acceptors (Lipinski definition) is 3. The highest BCUT2D eigenvalue weighted by molar-refractivity contribution is 9.10. The fourth-order valence-corrected chi connectivity index (χ4v) is 1.74. The summed E-state index contributed by atoms with van der Waals surface area (Å²) in [5.74, 6) is -0.352. The number of nitrogen functional groups attached to an aromatic ring is 1. The molecule has 0 unspecified atom stereocenters. The summed E-state index contributed by atoms with van der Waals surface area (Å²) in [5, 5.41) is 2.97. The summed E-state index contributed by atoms with van der Waals surface area (Å²) in [5.41, 5.74) is 6.43. The first kappa shape index (κ1) is 10.7. The second-order valence-corrected chi connectivity index (χ2v) is 4.34. The SMILES string of the molecule is Nc1ccc(Br)c(F)c1NC[C@@H]1CCO1. The van der Waals surface area contributed by atoms with Crippen LogP contribution in [0.4, 0.5) is 15.8 Å². The first-order valence-electron chi connectivity index (χ1n) is 4.77. The van der Waals surface area contributed by atoms with Gasteiger partial charge in [-0.15, -0.1) is 0 Å².